The van der Waals surface area contributed by atoms with Gasteiger partial charge in [0.25, 0.3) is 0 Å². The molecule has 0 aromatic carbocycles. The summed E-state index contributed by atoms with van der Waals surface area (Å²) in [5.41, 5.74) is 4.82. The molecule has 0 bridgehead atoms. The van der Waals surface area contributed by atoms with Gasteiger partial charge >= 0.3 is 0 Å². The average Bonchev–Trinajstić information content (AvgIpc) is 3.03. The molecule has 2 aromatic rings. The predicted molar refractivity (Wildman–Crippen MR) is 92.3 cm³/mol. The number of nitrogens with zero attached hydrogens (tertiary/aromatic N) is 3. The first-order chi connectivity index (χ1) is 10.8. The highest BCUT2D eigenvalue weighted by Gasteiger charge is 2.15. The Balaban J connectivity index is 1.97. The third-order valence-electron chi connectivity index (χ3n) is 4.31. The zero-order valence-electron chi connectivity index (χ0n) is 13.4. The van der Waals surface area contributed by atoms with Crippen LogP contribution in [0.5, 0.6) is 0 Å². The molecule has 1 aliphatic rings. The van der Waals surface area contributed by atoms with Crippen molar-refractivity contribution in [2.24, 2.45) is 4.99 Å². The first-order valence-electron chi connectivity index (χ1n) is 8.12. The highest BCUT2D eigenvalue weighted by Crippen LogP contribution is 2.24. The molecule has 114 valence electrons. The van der Waals surface area contributed by atoms with Crippen molar-refractivity contribution in [1.82, 2.24) is 9.55 Å². The summed E-state index contributed by atoms with van der Waals surface area (Å²) in [7, 11) is 0. The van der Waals surface area contributed by atoms with Gasteiger partial charge in [-0.25, -0.2) is 0 Å². The molecular weight excluding hydrogens is 270 g/mol. The lowest BCUT2D eigenvalue weighted by molar-refractivity contribution is 0.530. The van der Waals surface area contributed by atoms with Gasteiger partial charge in [0.15, 0.2) is 0 Å². The van der Waals surface area contributed by atoms with E-state index in [1.54, 1.807) is 0 Å². The molecule has 0 amide bonds. The van der Waals surface area contributed by atoms with Crippen LogP contribution >= 0.6 is 0 Å². The molecule has 0 aliphatic carbocycles. The lowest BCUT2D eigenvalue weighted by Gasteiger charge is -2.18. The molecule has 0 N–H and O–H groups in total. The highest BCUT2D eigenvalue weighted by atomic mass is 15.0. The molecule has 3 heterocycles. The molecule has 0 saturated heterocycles. The van der Waals surface area contributed by atoms with Gasteiger partial charge in [0.2, 0.25) is 0 Å². The molecule has 3 heteroatoms. The van der Waals surface area contributed by atoms with Gasteiger partial charge in [-0.05, 0) is 62.1 Å². The molecule has 0 radical (unpaired) electrons. The van der Waals surface area contributed by atoms with E-state index in [1.165, 1.54) is 11.3 Å². The van der Waals surface area contributed by atoms with Crippen LogP contribution < -0.4 is 0 Å². The molecule has 1 unspecified atom stereocenters. The van der Waals surface area contributed by atoms with Crippen LogP contribution in [-0.2, 0) is 0 Å². The fraction of sp³-hybridized carbons (Fsp3) is 0.368. The number of hydrogen-bond acceptors (Lipinski definition) is 2. The van der Waals surface area contributed by atoms with Gasteiger partial charge in [-0.3, -0.25) is 9.98 Å². The van der Waals surface area contributed by atoms with Crippen LogP contribution in [0.4, 0.5) is 0 Å². The van der Waals surface area contributed by atoms with Crippen LogP contribution in [0, 0.1) is 0 Å². The first-order valence-corrected chi connectivity index (χ1v) is 8.12. The molecule has 3 nitrogen and oxygen atoms in total. The molecule has 22 heavy (non-hydrogen) atoms. The smallest absolute Gasteiger partial charge is 0.0694 e. The van der Waals surface area contributed by atoms with Gasteiger partial charge in [0, 0.05) is 42.4 Å². The Bertz CT molecular complexity index is 680. The number of rotatable bonds is 4. The van der Waals surface area contributed by atoms with Gasteiger partial charge in [0.1, 0.15) is 0 Å². The zero-order valence-corrected chi connectivity index (χ0v) is 13.4. The van der Waals surface area contributed by atoms with Crippen molar-refractivity contribution >= 4 is 11.8 Å². The molecule has 1 atom stereocenters. The van der Waals surface area contributed by atoms with Gasteiger partial charge in [-0.1, -0.05) is 6.92 Å². The monoisotopic (exact) mass is 293 g/mol. The van der Waals surface area contributed by atoms with E-state index >= 15 is 0 Å². The predicted octanol–water partition coefficient (Wildman–Crippen LogP) is 4.52. The second-order valence-corrected chi connectivity index (χ2v) is 5.84. The average molecular weight is 293 g/mol. The van der Waals surface area contributed by atoms with Gasteiger partial charge in [-0.15, -0.1) is 0 Å². The van der Waals surface area contributed by atoms with Crippen molar-refractivity contribution in [2.75, 3.05) is 6.54 Å². The summed E-state index contributed by atoms with van der Waals surface area (Å²) in [6, 6.07) is 8.91. The van der Waals surface area contributed by atoms with E-state index in [-0.39, 0.29) is 0 Å². The Kier molecular flexibility index (Phi) is 4.52. The number of aromatic nitrogens is 2. The third kappa shape index (κ3) is 3.03. The van der Waals surface area contributed by atoms with Crippen LogP contribution in [-0.4, -0.2) is 21.8 Å². The van der Waals surface area contributed by atoms with Crippen LogP contribution in [0.2, 0.25) is 0 Å². The number of hydrogen-bond donors (Lipinski definition) is 0. The minimum Gasteiger partial charge on any atom is -0.345 e. The topological polar surface area (TPSA) is 30.2 Å². The van der Waals surface area contributed by atoms with Crippen LogP contribution in [0.1, 0.15) is 50.4 Å². The van der Waals surface area contributed by atoms with Gasteiger partial charge in [0.05, 0.1) is 5.71 Å². The van der Waals surface area contributed by atoms with E-state index in [0.717, 1.165) is 37.1 Å². The van der Waals surface area contributed by atoms with E-state index in [4.69, 9.17) is 4.99 Å². The third-order valence-corrected chi connectivity index (χ3v) is 4.31. The van der Waals surface area contributed by atoms with E-state index in [1.807, 2.05) is 18.5 Å². The minimum absolute atomic E-state index is 0.518. The maximum atomic E-state index is 4.76. The summed E-state index contributed by atoms with van der Waals surface area (Å²) >= 11 is 0. The largest absolute Gasteiger partial charge is 0.345 e. The second-order valence-electron chi connectivity index (χ2n) is 5.84. The fourth-order valence-electron chi connectivity index (χ4n) is 2.91. The normalized spacial score (nSPS) is 18.3. The fourth-order valence-corrected chi connectivity index (χ4v) is 2.91. The van der Waals surface area contributed by atoms with Crippen molar-refractivity contribution in [2.45, 2.75) is 39.2 Å². The molecule has 3 rings (SSSR count). The quantitative estimate of drug-likeness (QED) is 0.815. The van der Waals surface area contributed by atoms with Crippen molar-refractivity contribution in [3.8, 4) is 0 Å². The van der Waals surface area contributed by atoms with Crippen LogP contribution in [0.3, 0.4) is 0 Å². The molecule has 2 aromatic heterocycles. The van der Waals surface area contributed by atoms with Crippen molar-refractivity contribution in [3.63, 3.8) is 0 Å². The summed E-state index contributed by atoms with van der Waals surface area (Å²) in [5, 5.41) is 0. The Morgan fingerprint density at radius 2 is 2.23 bits per heavy atom. The number of pyridine rings is 1. The maximum Gasteiger partial charge on any atom is 0.0694 e. The number of aliphatic imine (C=N–C) groups is 1. The molecule has 0 spiro atoms. The van der Waals surface area contributed by atoms with E-state index in [2.05, 4.69) is 53.9 Å². The van der Waals surface area contributed by atoms with E-state index < -0.39 is 0 Å². The lowest BCUT2D eigenvalue weighted by atomic mass is 9.96. The molecule has 0 fully saturated rings. The first kappa shape index (κ1) is 14.8. The standard InChI is InChI=1S/C19H23N3/c1-3-15(2)22-12-6-9-18(22)13-16-7-5-11-21-19(16)17-8-4-10-20-14-17/h4,6,8-10,12-15H,3,5,7,11H2,1-2H3. The zero-order chi connectivity index (χ0) is 15.4. The summed E-state index contributed by atoms with van der Waals surface area (Å²) in [4.78, 5) is 8.99. The second kappa shape index (κ2) is 6.73. The van der Waals surface area contributed by atoms with Gasteiger partial charge < -0.3 is 4.57 Å². The minimum atomic E-state index is 0.518. The lowest BCUT2D eigenvalue weighted by Crippen LogP contribution is -2.13. The summed E-state index contributed by atoms with van der Waals surface area (Å²) in [5.74, 6) is 0. The Hall–Kier alpha value is -2.16. The van der Waals surface area contributed by atoms with Crippen molar-refractivity contribution in [1.29, 1.82) is 0 Å². The van der Waals surface area contributed by atoms with Crippen molar-refractivity contribution in [3.05, 3.63) is 59.7 Å². The van der Waals surface area contributed by atoms with Gasteiger partial charge in [-0.2, -0.15) is 0 Å². The summed E-state index contributed by atoms with van der Waals surface area (Å²) in [6.45, 7) is 5.40. The maximum absolute atomic E-state index is 4.76. The van der Waals surface area contributed by atoms with Crippen molar-refractivity contribution < 1.29 is 0 Å². The van der Waals surface area contributed by atoms with E-state index in [0.29, 0.717) is 6.04 Å². The Morgan fingerprint density at radius 1 is 1.32 bits per heavy atom. The SMILES string of the molecule is CCC(C)n1cccc1C=C1CCCN=C1c1cccnc1. The highest BCUT2D eigenvalue weighted by molar-refractivity contribution is 6.15. The van der Waals surface area contributed by atoms with Crippen LogP contribution in [0.15, 0.2) is 53.4 Å². The number of allylic oxidation sites excluding steroid dienone is 1. The summed E-state index contributed by atoms with van der Waals surface area (Å²) in [6.07, 6.45) is 11.5. The Labute approximate surface area is 132 Å². The van der Waals surface area contributed by atoms with Crippen LogP contribution in [0.25, 0.3) is 6.08 Å². The summed E-state index contributed by atoms with van der Waals surface area (Å²) < 4.78 is 2.35. The molecule has 0 saturated carbocycles. The Morgan fingerprint density at radius 3 is 3.00 bits per heavy atom. The molecule has 1 aliphatic heterocycles. The van der Waals surface area contributed by atoms with E-state index in [9.17, 15) is 0 Å². The molecular formula is C19H23N3.